The molecule has 2 N–H and O–H groups in total. The van der Waals surface area contributed by atoms with E-state index >= 15 is 0 Å². The quantitative estimate of drug-likeness (QED) is 0.777. The highest BCUT2D eigenvalue weighted by molar-refractivity contribution is 6.30. The third kappa shape index (κ3) is 2.89. The molecule has 1 aromatic carbocycles. The lowest BCUT2D eigenvalue weighted by molar-refractivity contribution is 0.0936. The molecule has 2 aromatic heterocycles. The van der Waals surface area contributed by atoms with Crippen molar-refractivity contribution in [2.45, 2.75) is 6.04 Å². The van der Waals surface area contributed by atoms with Gasteiger partial charge in [-0.3, -0.25) is 4.79 Å². The average molecular weight is 315 g/mol. The van der Waals surface area contributed by atoms with Gasteiger partial charge in [-0.1, -0.05) is 23.7 Å². The molecule has 0 spiro atoms. The molecule has 0 radical (unpaired) electrons. The number of imidazole rings is 1. The van der Waals surface area contributed by atoms with Crippen LogP contribution in [0.5, 0.6) is 0 Å². The Balaban J connectivity index is 1.95. The summed E-state index contributed by atoms with van der Waals surface area (Å²) in [6, 6.07) is 10.5. The molecule has 112 valence electrons. The molecule has 1 atom stereocenters. The average Bonchev–Trinajstić information content (AvgIpc) is 3.17. The number of aryl methyl sites for hydroxylation is 1. The van der Waals surface area contributed by atoms with Gasteiger partial charge in [0, 0.05) is 30.7 Å². The lowest BCUT2D eigenvalue weighted by atomic mass is 10.1. The molecule has 0 saturated carbocycles. The molecule has 0 aliphatic rings. The lowest BCUT2D eigenvalue weighted by Gasteiger charge is -2.19. The van der Waals surface area contributed by atoms with Crippen LogP contribution in [0.15, 0.2) is 55.0 Å². The monoisotopic (exact) mass is 314 g/mol. The number of hydrogen-bond donors (Lipinski definition) is 2. The molecule has 5 nitrogen and oxygen atoms in total. The normalized spacial score (nSPS) is 12.1. The second kappa shape index (κ2) is 6.07. The van der Waals surface area contributed by atoms with Crippen LogP contribution in [0.1, 0.15) is 27.9 Å². The molecule has 0 fully saturated rings. The minimum Gasteiger partial charge on any atom is -0.357 e. The van der Waals surface area contributed by atoms with E-state index in [1.54, 1.807) is 36.7 Å². The Labute approximate surface area is 133 Å². The molecule has 0 bridgehead atoms. The van der Waals surface area contributed by atoms with E-state index in [9.17, 15) is 4.79 Å². The van der Waals surface area contributed by atoms with Crippen molar-refractivity contribution < 1.29 is 4.79 Å². The SMILES string of the molecule is Cn1ccnc1C(NC(=O)c1ccc[nH]1)c1ccc(Cl)cc1. The summed E-state index contributed by atoms with van der Waals surface area (Å²) in [6.07, 6.45) is 5.27. The second-order valence-electron chi connectivity index (χ2n) is 4.94. The number of benzene rings is 1. The van der Waals surface area contributed by atoms with E-state index in [1.807, 2.05) is 29.9 Å². The summed E-state index contributed by atoms with van der Waals surface area (Å²) in [5.74, 6) is 0.565. The number of amides is 1. The molecule has 3 aromatic rings. The Kier molecular flexibility index (Phi) is 3.98. The van der Waals surface area contributed by atoms with Gasteiger partial charge < -0.3 is 14.9 Å². The first kappa shape index (κ1) is 14.4. The number of nitrogens with one attached hydrogen (secondary N) is 2. The van der Waals surface area contributed by atoms with Crippen LogP contribution in [-0.4, -0.2) is 20.4 Å². The fourth-order valence-electron chi connectivity index (χ4n) is 2.29. The van der Waals surface area contributed by atoms with Crippen LogP contribution < -0.4 is 5.32 Å². The summed E-state index contributed by atoms with van der Waals surface area (Å²) < 4.78 is 1.88. The molecule has 3 rings (SSSR count). The Morgan fingerprint density at radius 3 is 2.68 bits per heavy atom. The zero-order valence-electron chi connectivity index (χ0n) is 12.0. The van der Waals surface area contributed by atoms with Gasteiger partial charge in [0.1, 0.15) is 17.6 Å². The van der Waals surface area contributed by atoms with Gasteiger partial charge in [0.2, 0.25) is 0 Å². The molecule has 22 heavy (non-hydrogen) atoms. The highest BCUT2D eigenvalue weighted by Crippen LogP contribution is 2.22. The van der Waals surface area contributed by atoms with Crippen LogP contribution in [0, 0.1) is 0 Å². The Hall–Kier alpha value is -2.53. The Bertz CT molecular complexity index is 762. The Morgan fingerprint density at radius 2 is 2.09 bits per heavy atom. The first-order valence-electron chi connectivity index (χ1n) is 6.82. The van der Waals surface area contributed by atoms with Crippen LogP contribution in [0.2, 0.25) is 5.02 Å². The van der Waals surface area contributed by atoms with Crippen molar-refractivity contribution in [3.8, 4) is 0 Å². The van der Waals surface area contributed by atoms with Gasteiger partial charge in [0.05, 0.1) is 0 Å². The van der Waals surface area contributed by atoms with Gasteiger partial charge in [-0.05, 0) is 29.8 Å². The number of carbonyl (C=O) groups is 1. The molecular weight excluding hydrogens is 300 g/mol. The third-order valence-corrected chi connectivity index (χ3v) is 3.69. The van der Waals surface area contributed by atoms with Crippen LogP contribution in [0.4, 0.5) is 0 Å². The first-order valence-corrected chi connectivity index (χ1v) is 7.20. The molecule has 1 unspecified atom stereocenters. The molecule has 0 aliphatic carbocycles. The van der Waals surface area contributed by atoms with Crippen molar-refractivity contribution in [1.82, 2.24) is 19.9 Å². The fraction of sp³-hybridized carbons (Fsp3) is 0.125. The molecule has 2 heterocycles. The van der Waals surface area contributed by atoms with Gasteiger partial charge >= 0.3 is 0 Å². The number of H-pyrrole nitrogens is 1. The maximum Gasteiger partial charge on any atom is 0.268 e. The van der Waals surface area contributed by atoms with Crippen LogP contribution in [-0.2, 0) is 7.05 Å². The predicted molar refractivity (Wildman–Crippen MR) is 84.8 cm³/mol. The number of aromatic amines is 1. The van der Waals surface area contributed by atoms with E-state index in [0.717, 1.165) is 11.4 Å². The van der Waals surface area contributed by atoms with Gasteiger partial charge in [0.15, 0.2) is 0 Å². The van der Waals surface area contributed by atoms with E-state index in [4.69, 9.17) is 11.6 Å². The van der Waals surface area contributed by atoms with Gasteiger partial charge in [-0.15, -0.1) is 0 Å². The number of aromatic nitrogens is 3. The van der Waals surface area contributed by atoms with E-state index in [2.05, 4.69) is 15.3 Å². The Morgan fingerprint density at radius 1 is 1.32 bits per heavy atom. The zero-order valence-corrected chi connectivity index (χ0v) is 12.7. The van der Waals surface area contributed by atoms with E-state index < -0.39 is 0 Å². The molecule has 6 heteroatoms. The van der Waals surface area contributed by atoms with Crippen molar-refractivity contribution in [3.05, 3.63) is 77.1 Å². The van der Waals surface area contributed by atoms with Crippen molar-refractivity contribution >= 4 is 17.5 Å². The standard InChI is InChI=1S/C16H15ClN4O/c1-21-10-9-19-15(21)14(11-4-6-12(17)7-5-11)20-16(22)13-3-2-8-18-13/h2-10,14,18H,1H3,(H,20,22). The smallest absolute Gasteiger partial charge is 0.268 e. The molecule has 0 saturated heterocycles. The number of hydrogen-bond acceptors (Lipinski definition) is 2. The maximum atomic E-state index is 12.4. The largest absolute Gasteiger partial charge is 0.357 e. The van der Waals surface area contributed by atoms with Crippen LogP contribution in [0.25, 0.3) is 0 Å². The summed E-state index contributed by atoms with van der Waals surface area (Å²) >= 11 is 5.95. The number of halogens is 1. The molecular formula is C16H15ClN4O. The fourth-order valence-corrected chi connectivity index (χ4v) is 2.41. The van der Waals surface area contributed by atoms with Gasteiger partial charge in [-0.2, -0.15) is 0 Å². The summed E-state index contributed by atoms with van der Waals surface area (Å²) in [4.78, 5) is 19.6. The lowest BCUT2D eigenvalue weighted by Crippen LogP contribution is -2.31. The molecule has 1 amide bonds. The topological polar surface area (TPSA) is 62.7 Å². The van der Waals surface area contributed by atoms with Gasteiger partial charge in [-0.25, -0.2) is 4.98 Å². The minimum atomic E-state index is -0.354. The number of nitrogens with zero attached hydrogens (tertiary/aromatic N) is 2. The summed E-state index contributed by atoms with van der Waals surface area (Å²) in [5.41, 5.74) is 1.42. The predicted octanol–water partition coefficient (Wildman–Crippen LogP) is 2.92. The second-order valence-corrected chi connectivity index (χ2v) is 5.37. The van der Waals surface area contributed by atoms with Crippen molar-refractivity contribution in [2.24, 2.45) is 7.05 Å². The van der Waals surface area contributed by atoms with Crippen LogP contribution >= 0.6 is 11.6 Å². The van der Waals surface area contributed by atoms with E-state index in [1.165, 1.54) is 0 Å². The van der Waals surface area contributed by atoms with Crippen molar-refractivity contribution in [3.63, 3.8) is 0 Å². The highest BCUT2D eigenvalue weighted by atomic mass is 35.5. The summed E-state index contributed by atoms with van der Waals surface area (Å²) in [5, 5.41) is 3.65. The highest BCUT2D eigenvalue weighted by Gasteiger charge is 2.21. The summed E-state index contributed by atoms with van der Waals surface area (Å²) in [7, 11) is 1.89. The van der Waals surface area contributed by atoms with Crippen molar-refractivity contribution in [1.29, 1.82) is 0 Å². The van der Waals surface area contributed by atoms with Gasteiger partial charge in [0.25, 0.3) is 5.91 Å². The zero-order chi connectivity index (χ0) is 15.5. The van der Waals surface area contributed by atoms with E-state index in [0.29, 0.717) is 10.7 Å². The first-order chi connectivity index (χ1) is 10.6. The summed E-state index contributed by atoms with van der Waals surface area (Å²) in [6.45, 7) is 0. The van der Waals surface area contributed by atoms with Crippen LogP contribution in [0.3, 0.4) is 0 Å². The minimum absolute atomic E-state index is 0.187. The maximum absolute atomic E-state index is 12.4. The molecule has 0 aliphatic heterocycles. The third-order valence-electron chi connectivity index (χ3n) is 3.44. The number of rotatable bonds is 4. The number of carbonyl (C=O) groups excluding carboxylic acids is 1. The van der Waals surface area contributed by atoms with E-state index in [-0.39, 0.29) is 11.9 Å². The van der Waals surface area contributed by atoms with Crippen molar-refractivity contribution in [2.75, 3.05) is 0 Å².